The summed E-state index contributed by atoms with van der Waals surface area (Å²) in [6, 6.07) is 14.1. The van der Waals surface area contributed by atoms with Crippen molar-refractivity contribution in [3.05, 3.63) is 83.7 Å². The topological polar surface area (TPSA) is 89.4 Å². The van der Waals surface area contributed by atoms with E-state index in [4.69, 9.17) is 9.47 Å². The summed E-state index contributed by atoms with van der Waals surface area (Å²) in [5.41, 5.74) is 1.36. The predicted molar refractivity (Wildman–Crippen MR) is 136 cm³/mol. The largest absolute Gasteiger partial charge is 0.465 e. The Hall–Kier alpha value is -4.08. The van der Waals surface area contributed by atoms with Crippen LogP contribution in [0, 0.1) is 11.6 Å². The lowest BCUT2D eigenvalue weighted by Crippen LogP contribution is -2.33. The molecule has 2 aromatic heterocycles. The van der Waals surface area contributed by atoms with Crippen LogP contribution in [0.5, 0.6) is 0 Å². The third-order valence-corrected chi connectivity index (χ3v) is 6.70. The van der Waals surface area contributed by atoms with Crippen LogP contribution in [0.15, 0.2) is 60.8 Å². The van der Waals surface area contributed by atoms with Crippen LogP contribution in [0.3, 0.4) is 0 Å². The van der Waals surface area contributed by atoms with Gasteiger partial charge in [0.15, 0.2) is 5.82 Å². The van der Waals surface area contributed by atoms with Gasteiger partial charge in [-0.1, -0.05) is 19.1 Å². The number of carbonyl (C=O) groups is 1. The molecule has 2 heterocycles. The maximum atomic E-state index is 16.2. The Balaban J connectivity index is 1.96. The molecule has 0 unspecified atom stereocenters. The summed E-state index contributed by atoms with van der Waals surface area (Å²) in [6.45, 7) is 1.73. The first-order chi connectivity index (χ1) is 17.8. The van der Waals surface area contributed by atoms with E-state index < -0.39 is 23.2 Å². The lowest BCUT2D eigenvalue weighted by atomic mass is 9.89. The van der Waals surface area contributed by atoms with Gasteiger partial charge in [0.05, 0.1) is 36.7 Å². The fourth-order valence-corrected chi connectivity index (χ4v) is 4.85. The average molecular weight is 506 g/mol. The van der Waals surface area contributed by atoms with Crippen LogP contribution in [0.25, 0.3) is 38.6 Å². The smallest absolute Gasteiger partial charge is 0.337 e. The van der Waals surface area contributed by atoms with Crippen molar-refractivity contribution in [2.24, 2.45) is 0 Å². The van der Waals surface area contributed by atoms with Crippen LogP contribution in [-0.4, -0.2) is 46.7 Å². The number of aromatic amines is 1. The monoisotopic (exact) mass is 505 g/mol. The first kappa shape index (κ1) is 24.6. The maximum absolute atomic E-state index is 16.2. The van der Waals surface area contributed by atoms with Crippen LogP contribution >= 0.6 is 0 Å². The van der Waals surface area contributed by atoms with Crippen molar-refractivity contribution in [2.75, 3.05) is 20.8 Å². The minimum Gasteiger partial charge on any atom is -0.465 e. The number of aromatic nitrogens is 3. The Morgan fingerprint density at radius 3 is 2.43 bits per heavy atom. The van der Waals surface area contributed by atoms with E-state index in [2.05, 4.69) is 10.2 Å². The third-order valence-electron chi connectivity index (χ3n) is 6.70. The quantitative estimate of drug-likeness (QED) is 0.286. The van der Waals surface area contributed by atoms with Crippen molar-refractivity contribution >= 4 is 27.8 Å². The first-order valence-corrected chi connectivity index (χ1v) is 11.7. The Morgan fingerprint density at radius 1 is 1.11 bits per heavy atom. The number of methoxy groups -OCH3 is 2. The molecule has 0 radical (unpaired) electrons. The van der Waals surface area contributed by atoms with E-state index in [1.807, 2.05) is 0 Å². The Morgan fingerprint density at radius 2 is 1.81 bits per heavy atom. The molecule has 0 fully saturated rings. The zero-order chi connectivity index (χ0) is 26.3. The lowest BCUT2D eigenvalue weighted by Gasteiger charge is -2.29. The SMILES string of the molecule is CC[C@@](O)(COC)c1c(-c2ccc(C(=O)OC)cc2)c2c(F)c3[nH]ncc3cc2n1-c1ccc(F)cc1. The fraction of sp³-hybridized carbons (Fsp3) is 0.214. The molecule has 2 N–H and O–H groups in total. The van der Waals surface area contributed by atoms with E-state index in [0.717, 1.165) is 0 Å². The second-order valence-corrected chi connectivity index (χ2v) is 8.84. The van der Waals surface area contributed by atoms with Gasteiger partial charge in [-0.05, 0) is 54.4 Å². The molecule has 5 aromatic rings. The number of fused-ring (bicyclic) bond motifs is 2. The number of nitrogens with one attached hydrogen (secondary N) is 1. The number of H-pyrrole nitrogens is 1. The second-order valence-electron chi connectivity index (χ2n) is 8.84. The minimum atomic E-state index is -1.54. The van der Waals surface area contributed by atoms with Crippen molar-refractivity contribution in [1.29, 1.82) is 0 Å². The summed E-state index contributed by atoms with van der Waals surface area (Å²) in [7, 11) is 2.77. The molecule has 37 heavy (non-hydrogen) atoms. The summed E-state index contributed by atoms with van der Waals surface area (Å²) >= 11 is 0. The van der Waals surface area contributed by atoms with Gasteiger partial charge in [-0.3, -0.25) is 5.10 Å². The van der Waals surface area contributed by atoms with Gasteiger partial charge in [-0.2, -0.15) is 5.10 Å². The highest BCUT2D eigenvalue weighted by Crippen LogP contribution is 2.45. The van der Waals surface area contributed by atoms with Crippen LogP contribution in [-0.2, 0) is 15.1 Å². The van der Waals surface area contributed by atoms with Crippen LogP contribution in [0.1, 0.15) is 29.4 Å². The van der Waals surface area contributed by atoms with Crippen LogP contribution < -0.4 is 0 Å². The number of ether oxygens (including phenoxy) is 2. The molecule has 0 aliphatic rings. The molecule has 0 bridgehead atoms. The summed E-state index contributed by atoms with van der Waals surface area (Å²) in [5, 5.41) is 19.4. The van der Waals surface area contributed by atoms with Gasteiger partial charge in [0.1, 0.15) is 16.9 Å². The highest BCUT2D eigenvalue weighted by atomic mass is 19.1. The molecular formula is C28H25F2N3O4. The fourth-order valence-electron chi connectivity index (χ4n) is 4.85. The number of benzene rings is 3. The molecule has 0 amide bonds. The van der Waals surface area contributed by atoms with Gasteiger partial charge in [0, 0.05) is 29.1 Å². The van der Waals surface area contributed by atoms with Gasteiger partial charge in [0.25, 0.3) is 0 Å². The average Bonchev–Trinajstić information content (AvgIpc) is 3.53. The van der Waals surface area contributed by atoms with Gasteiger partial charge < -0.3 is 19.1 Å². The van der Waals surface area contributed by atoms with Gasteiger partial charge in [-0.25, -0.2) is 13.6 Å². The van der Waals surface area contributed by atoms with E-state index in [1.165, 1.54) is 32.5 Å². The molecule has 9 heteroatoms. The Kier molecular flexibility index (Phi) is 6.26. The van der Waals surface area contributed by atoms with Crippen molar-refractivity contribution in [2.45, 2.75) is 18.9 Å². The molecule has 1 atom stereocenters. The molecule has 190 valence electrons. The normalized spacial score (nSPS) is 13.2. The van der Waals surface area contributed by atoms with E-state index >= 15 is 4.39 Å². The molecule has 0 saturated carbocycles. The molecule has 7 nitrogen and oxygen atoms in total. The number of nitrogens with zero attached hydrogens (tertiary/aromatic N) is 2. The Labute approximate surface area is 211 Å². The zero-order valence-electron chi connectivity index (χ0n) is 20.5. The van der Waals surface area contributed by atoms with Gasteiger partial charge in [0.2, 0.25) is 0 Å². The van der Waals surface area contributed by atoms with Crippen LogP contribution in [0.2, 0.25) is 0 Å². The van der Waals surface area contributed by atoms with E-state index in [0.29, 0.717) is 39.0 Å². The zero-order valence-corrected chi connectivity index (χ0v) is 20.5. The molecular weight excluding hydrogens is 480 g/mol. The van der Waals surface area contributed by atoms with Crippen molar-refractivity contribution < 1.29 is 28.2 Å². The molecule has 0 spiro atoms. The highest BCUT2D eigenvalue weighted by Gasteiger charge is 2.38. The summed E-state index contributed by atoms with van der Waals surface area (Å²) < 4.78 is 42.1. The molecule has 0 aliphatic carbocycles. The third kappa shape index (κ3) is 3.96. The van der Waals surface area contributed by atoms with Crippen molar-refractivity contribution in [3.63, 3.8) is 0 Å². The van der Waals surface area contributed by atoms with E-state index in [9.17, 15) is 14.3 Å². The highest BCUT2D eigenvalue weighted by molar-refractivity contribution is 6.06. The Bertz CT molecular complexity index is 1610. The number of aliphatic hydroxyl groups is 1. The summed E-state index contributed by atoms with van der Waals surface area (Å²) in [6.07, 6.45) is 1.76. The predicted octanol–water partition coefficient (Wildman–Crippen LogP) is 5.48. The summed E-state index contributed by atoms with van der Waals surface area (Å²) in [5.74, 6) is -1.48. The standard InChI is InChI=1S/C28H25F2N3O4/c1-4-28(35,15-36-2)26-22(16-5-7-17(8-6-16)27(34)37-3)23-21(13-18-14-31-32-25(18)24(23)30)33(26)20-11-9-19(29)10-12-20/h5-14,35H,4,15H2,1-3H3,(H,31,32)/t28-/m1/s1. The van der Waals surface area contributed by atoms with E-state index in [-0.39, 0.29) is 23.9 Å². The minimum absolute atomic E-state index is 0.0741. The number of halogens is 2. The molecule has 0 aliphatic heterocycles. The molecule has 5 rings (SSSR count). The first-order valence-electron chi connectivity index (χ1n) is 11.7. The number of hydrogen-bond acceptors (Lipinski definition) is 5. The van der Waals surface area contributed by atoms with E-state index in [1.54, 1.807) is 54.0 Å². The van der Waals surface area contributed by atoms with Gasteiger partial charge in [-0.15, -0.1) is 0 Å². The van der Waals surface area contributed by atoms with Crippen molar-refractivity contribution in [3.8, 4) is 16.8 Å². The van der Waals surface area contributed by atoms with Crippen molar-refractivity contribution in [1.82, 2.24) is 14.8 Å². The lowest BCUT2D eigenvalue weighted by molar-refractivity contribution is -0.0422. The summed E-state index contributed by atoms with van der Waals surface area (Å²) in [4.78, 5) is 12.0. The van der Waals surface area contributed by atoms with Crippen LogP contribution in [0.4, 0.5) is 8.78 Å². The number of rotatable bonds is 7. The number of carbonyl (C=O) groups excluding carboxylic acids is 1. The maximum Gasteiger partial charge on any atom is 0.337 e. The molecule has 3 aromatic carbocycles. The number of hydrogen-bond donors (Lipinski definition) is 2. The second kappa shape index (κ2) is 9.42. The number of esters is 1. The van der Waals surface area contributed by atoms with Gasteiger partial charge >= 0.3 is 5.97 Å². The molecule has 0 saturated heterocycles.